The van der Waals surface area contributed by atoms with Gasteiger partial charge in [-0.1, -0.05) is 25.3 Å². The Hall–Kier alpha value is -0.160. The lowest BCUT2D eigenvalue weighted by molar-refractivity contribution is 0.574. The summed E-state index contributed by atoms with van der Waals surface area (Å²) in [6, 6.07) is 0. The molecular weight excluding hydrogens is 155 g/mol. The second kappa shape index (κ2) is 3.49. The standard InChI is InChI=1S/C9H16OP/c1-4-7-8(5-2)11(10)9(7)6-3/h8H,4-6H2,1-3H3/q+1. The molecule has 11 heavy (non-hydrogen) atoms. The Kier molecular flexibility index (Phi) is 2.84. The molecule has 0 aromatic heterocycles. The van der Waals surface area contributed by atoms with Crippen molar-refractivity contribution in [2.75, 3.05) is 0 Å². The van der Waals surface area contributed by atoms with Gasteiger partial charge in [-0.25, -0.2) is 0 Å². The lowest BCUT2D eigenvalue weighted by atomic mass is 10.1. The molecule has 0 saturated carbocycles. The van der Waals surface area contributed by atoms with Crippen molar-refractivity contribution >= 4 is 7.80 Å². The number of hydrogen-bond donors (Lipinski definition) is 0. The summed E-state index contributed by atoms with van der Waals surface area (Å²) in [6.07, 6.45) is 3.15. The molecule has 1 aliphatic heterocycles. The molecule has 0 amide bonds. The molecule has 1 heterocycles. The van der Waals surface area contributed by atoms with E-state index in [0.29, 0.717) is 5.66 Å². The second-order valence-electron chi connectivity index (χ2n) is 2.93. The zero-order valence-corrected chi connectivity index (χ0v) is 8.45. The van der Waals surface area contributed by atoms with Gasteiger partial charge < -0.3 is 0 Å². The lowest BCUT2D eigenvalue weighted by Gasteiger charge is -2.18. The molecule has 0 saturated heterocycles. The molecule has 0 fully saturated rings. The molecule has 0 radical (unpaired) electrons. The van der Waals surface area contributed by atoms with E-state index in [1.165, 1.54) is 10.9 Å². The van der Waals surface area contributed by atoms with Gasteiger partial charge in [-0.3, -0.25) is 0 Å². The first-order valence-corrected chi connectivity index (χ1v) is 5.77. The summed E-state index contributed by atoms with van der Waals surface area (Å²) in [5, 5.41) is 1.26. The van der Waals surface area contributed by atoms with Crippen LogP contribution in [0, 0.1) is 0 Å². The lowest BCUT2D eigenvalue weighted by Crippen LogP contribution is -2.16. The predicted molar refractivity (Wildman–Crippen MR) is 49.3 cm³/mol. The van der Waals surface area contributed by atoms with Gasteiger partial charge in [0, 0.05) is 12.0 Å². The molecule has 1 rings (SSSR count). The van der Waals surface area contributed by atoms with Crippen molar-refractivity contribution in [3.63, 3.8) is 0 Å². The van der Waals surface area contributed by atoms with E-state index in [1.807, 2.05) is 0 Å². The first kappa shape index (κ1) is 8.93. The van der Waals surface area contributed by atoms with Crippen molar-refractivity contribution in [2.24, 2.45) is 0 Å². The average molecular weight is 171 g/mol. The third-order valence-electron chi connectivity index (χ3n) is 2.42. The van der Waals surface area contributed by atoms with Crippen molar-refractivity contribution in [2.45, 2.75) is 45.7 Å². The highest BCUT2D eigenvalue weighted by Crippen LogP contribution is 2.57. The first-order chi connectivity index (χ1) is 5.26. The maximum absolute atomic E-state index is 11.5. The van der Waals surface area contributed by atoms with Crippen molar-refractivity contribution < 1.29 is 4.57 Å². The summed E-state index contributed by atoms with van der Waals surface area (Å²) < 4.78 is 11.5. The highest BCUT2D eigenvalue weighted by molar-refractivity contribution is 7.52. The second-order valence-corrected chi connectivity index (χ2v) is 4.74. The van der Waals surface area contributed by atoms with E-state index in [-0.39, 0.29) is 0 Å². The van der Waals surface area contributed by atoms with Crippen LogP contribution in [0.25, 0.3) is 0 Å². The molecule has 0 spiro atoms. The SMILES string of the molecule is CCC1=C(CC)[P+](=O)C1CC. The van der Waals surface area contributed by atoms with E-state index >= 15 is 0 Å². The van der Waals surface area contributed by atoms with Crippen LogP contribution in [0.1, 0.15) is 40.0 Å². The van der Waals surface area contributed by atoms with Gasteiger partial charge in [-0.05, 0) is 12.8 Å². The monoisotopic (exact) mass is 171 g/mol. The molecule has 0 bridgehead atoms. The van der Waals surface area contributed by atoms with Crippen LogP contribution in [-0.4, -0.2) is 5.66 Å². The fourth-order valence-electron chi connectivity index (χ4n) is 1.83. The van der Waals surface area contributed by atoms with Crippen LogP contribution < -0.4 is 0 Å². The van der Waals surface area contributed by atoms with Gasteiger partial charge in [0.25, 0.3) is 0 Å². The molecule has 0 aromatic carbocycles. The molecule has 2 atom stereocenters. The Labute approximate surface area is 69.7 Å². The molecular formula is C9H16OP+. The largest absolute Gasteiger partial charge is 0.380 e. The van der Waals surface area contributed by atoms with Crippen LogP contribution in [0.2, 0.25) is 0 Å². The normalized spacial score (nSPS) is 27.2. The van der Waals surface area contributed by atoms with Gasteiger partial charge in [0.15, 0.2) is 11.0 Å². The Morgan fingerprint density at radius 3 is 2.27 bits per heavy atom. The summed E-state index contributed by atoms with van der Waals surface area (Å²) in [6.45, 7) is 6.39. The molecule has 62 valence electrons. The molecule has 2 unspecified atom stereocenters. The maximum atomic E-state index is 11.5. The van der Waals surface area contributed by atoms with Crippen LogP contribution >= 0.6 is 7.80 Å². The fourth-order valence-corrected chi connectivity index (χ4v) is 3.87. The highest BCUT2D eigenvalue weighted by Gasteiger charge is 2.47. The predicted octanol–water partition coefficient (Wildman–Crippen LogP) is 3.68. The third-order valence-corrected chi connectivity index (χ3v) is 4.80. The van der Waals surface area contributed by atoms with Crippen molar-refractivity contribution in [3.05, 3.63) is 10.9 Å². The summed E-state index contributed by atoms with van der Waals surface area (Å²) in [4.78, 5) is 0. The van der Waals surface area contributed by atoms with Crippen LogP contribution in [0.4, 0.5) is 0 Å². The molecule has 1 nitrogen and oxygen atoms in total. The van der Waals surface area contributed by atoms with E-state index in [1.54, 1.807) is 0 Å². The Morgan fingerprint density at radius 1 is 1.27 bits per heavy atom. The zero-order chi connectivity index (χ0) is 8.43. The van der Waals surface area contributed by atoms with Gasteiger partial charge in [0.2, 0.25) is 0 Å². The topological polar surface area (TPSA) is 17.1 Å². The van der Waals surface area contributed by atoms with E-state index in [0.717, 1.165) is 19.3 Å². The molecule has 0 N–H and O–H groups in total. The van der Waals surface area contributed by atoms with Gasteiger partial charge in [-0.2, -0.15) is 0 Å². The summed E-state index contributed by atoms with van der Waals surface area (Å²) in [5.74, 6) is 0. The maximum Gasteiger partial charge on any atom is 0.380 e. The third kappa shape index (κ3) is 1.27. The fraction of sp³-hybridized carbons (Fsp3) is 0.778. The Morgan fingerprint density at radius 2 is 1.91 bits per heavy atom. The molecule has 2 heteroatoms. The first-order valence-electron chi connectivity index (χ1n) is 4.44. The van der Waals surface area contributed by atoms with E-state index < -0.39 is 7.80 Å². The average Bonchev–Trinajstić information content (AvgIpc) is 2.01. The molecule has 1 aliphatic rings. The van der Waals surface area contributed by atoms with Gasteiger partial charge >= 0.3 is 7.80 Å². The number of rotatable bonds is 3. The Balaban J connectivity index is 2.80. The summed E-state index contributed by atoms with van der Waals surface area (Å²) >= 11 is 0. The summed E-state index contributed by atoms with van der Waals surface area (Å²) in [5.41, 5.74) is 1.92. The van der Waals surface area contributed by atoms with Crippen molar-refractivity contribution in [1.29, 1.82) is 0 Å². The van der Waals surface area contributed by atoms with Gasteiger partial charge in [0.1, 0.15) is 0 Å². The molecule has 0 aromatic rings. The number of hydrogen-bond acceptors (Lipinski definition) is 1. The van der Waals surface area contributed by atoms with E-state index in [2.05, 4.69) is 20.8 Å². The quantitative estimate of drug-likeness (QED) is 0.592. The zero-order valence-electron chi connectivity index (χ0n) is 7.55. The van der Waals surface area contributed by atoms with Crippen LogP contribution in [0.15, 0.2) is 10.9 Å². The smallest absolute Gasteiger partial charge is 0.0677 e. The Bertz CT molecular complexity index is 206. The highest BCUT2D eigenvalue weighted by atomic mass is 31.1. The van der Waals surface area contributed by atoms with Crippen LogP contribution in [-0.2, 0) is 4.57 Å². The van der Waals surface area contributed by atoms with Gasteiger partial charge in [-0.15, -0.1) is 0 Å². The van der Waals surface area contributed by atoms with Crippen molar-refractivity contribution in [1.82, 2.24) is 0 Å². The summed E-state index contributed by atoms with van der Waals surface area (Å²) in [7, 11) is -0.960. The minimum absolute atomic E-state index is 0.435. The minimum Gasteiger partial charge on any atom is -0.0677 e. The van der Waals surface area contributed by atoms with Crippen LogP contribution in [0.5, 0.6) is 0 Å². The van der Waals surface area contributed by atoms with Crippen molar-refractivity contribution in [3.8, 4) is 0 Å². The number of allylic oxidation sites excluding steroid dienone is 2. The molecule has 0 aliphatic carbocycles. The van der Waals surface area contributed by atoms with E-state index in [9.17, 15) is 4.57 Å². The van der Waals surface area contributed by atoms with Crippen LogP contribution in [0.3, 0.4) is 0 Å². The van der Waals surface area contributed by atoms with Gasteiger partial charge in [0.05, 0.1) is 0 Å². The minimum atomic E-state index is -0.960. The van der Waals surface area contributed by atoms with E-state index in [4.69, 9.17) is 0 Å².